The zero-order chi connectivity index (χ0) is 18.2. The number of hydrogen-bond donors (Lipinski definition) is 1. The number of allylic oxidation sites excluding steroid dienone is 6. The van der Waals surface area contributed by atoms with Crippen LogP contribution in [0.15, 0.2) is 56.8 Å². The normalized spacial score (nSPS) is 29.6. The Morgan fingerprint density at radius 1 is 1.28 bits per heavy atom. The van der Waals surface area contributed by atoms with Crippen molar-refractivity contribution in [1.29, 1.82) is 0 Å². The van der Waals surface area contributed by atoms with Crippen molar-refractivity contribution >= 4 is 57.9 Å². The molecule has 2 N–H and O–H groups in total. The standard InChI is InChI=1S/C19H16Cl2INO2/c20-12-3-1-2-11(6-12)15-8-18(25)16(22)9-19(15,10-24)14-5-4-13(21)7-17(14)23/h1-4,6-7,9-10,14-15H,5,8,23H2/t14?,15-,19-/m0/s1. The largest absolute Gasteiger partial charge is 0.402 e. The first-order chi connectivity index (χ1) is 11.9. The van der Waals surface area contributed by atoms with Gasteiger partial charge in [-0.1, -0.05) is 47.5 Å². The number of aldehydes is 1. The summed E-state index contributed by atoms with van der Waals surface area (Å²) in [4.78, 5) is 24.8. The van der Waals surface area contributed by atoms with Crippen molar-refractivity contribution in [3.05, 3.63) is 67.4 Å². The van der Waals surface area contributed by atoms with Gasteiger partial charge in [0.2, 0.25) is 0 Å². The third kappa shape index (κ3) is 3.44. The molecular formula is C19H16Cl2INO2. The number of hydrogen-bond acceptors (Lipinski definition) is 3. The van der Waals surface area contributed by atoms with Crippen LogP contribution in [0.5, 0.6) is 0 Å². The number of carbonyl (C=O) groups excluding carboxylic acids is 2. The van der Waals surface area contributed by atoms with Gasteiger partial charge in [0.15, 0.2) is 5.78 Å². The quantitative estimate of drug-likeness (QED) is 0.488. The Morgan fingerprint density at radius 3 is 2.68 bits per heavy atom. The van der Waals surface area contributed by atoms with Crippen molar-refractivity contribution in [2.45, 2.75) is 18.8 Å². The molecule has 1 aromatic rings. The van der Waals surface area contributed by atoms with E-state index in [-0.39, 0.29) is 24.0 Å². The smallest absolute Gasteiger partial charge is 0.169 e. The molecular weight excluding hydrogens is 472 g/mol. The molecule has 2 aliphatic rings. The maximum absolute atomic E-state index is 12.4. The molecule has 2 aliphatic carbocycles. The van der Waals surface area contributed by atoms with Crippen LogP contribution in [0.25, 0.3) is 0 Å². The van der Waals surface area contributed by atoms with E-state index in [4.69, 9.17) is 28.9 Å². The Bertz CT molecular complexity index is 830. The van der Waals surface area contributed by atoms with Crippen molar-refractivity contribution in [3.63, 3.8) is 0 Å². The van der Waals surface area contributed by atoms with E-state index in [1.54, 1.807) is 18.2 Å². The van der Waals surface area contributed by atoms with Gasteiger partial charge in [-0.2, -0.15) is 0 Å². The molecule has 0 aliphatic heterocycles. The zero-order valence-electron chi connectivity index (χ0n) is 13.2. The summed E-state index contributed by atoms with van der Waals surface area (Å²) in [5.74, 6) is -0.554. The zero-order valence-corrected chi connectivity index (χ0v) is 16.9. The Kier molecular flexibility index (Phi) is 5.42. The van der Waals surface area contributed by atoms with Crippen molar-refractivity contribution < 1.29 is 9.59 Å². The number of carbonyl (C=O) groups is 2. The second kappa shape index (κ2) is 7.25. The van der Waals surface area contributed by atoms with E-state index in [0.717, 1.165) is 11.8 Å². The third-order valence-corrected chi connectivity index (χ3v) is 6.36. The molecule has 3 atom stereocenters. The molecule has 0 heterocycles. The number of benzene rings is 1. The highest BCUT2D eigenvalue weighted by atomic mass is 127. The maximum atomic E-state index is 12.4. The Balaban J connectivity index is 2.17. The van der Waals surface area contributed by atoms with Crippen LogP contribution in [0.3, 0.4) is 0 Å². The van der Waals surface area contributed by atoms with Gasteiger partial charge in [0.1, 0.15) is 6.29 Å². The average Bonchev–Trinajstić information content (AvgIpc) is 2.57. The molecule has 0 aromatic heterocycles. The highest BCUT2D eigenvalue weighted by Crippen LogP contribution is 2.52. The van der Waals surface area contributed by atoms with Crippen molar-refractivity contribution in [3.8, 4) is 0 Å². The SMILES string of the molecule is NC1=CC(Cl)=CCC1[C@@]1(C=O)C=C(I)C(=O)C[C@H]1c1cccc(Cl)c1. The van der Waals surface area contributed by atoms with E-state index >= 15 is 0 Å². The average molecular weight is 488 g/mol. The molecule has 0 saturated carbocycles. The van der Waals surface area contributed by atoms with E-state index in [0.29, 0.717) is 25.8 Å². The lowest BCUT2D eigenvalue weighted by molar-refractivity contribution is -0.121. The van der Waals surface area contributed by atoms with Gasteiger partial charge in [-0.15, -0.1) is 0 Å². The topological polar surface area (TPSA) is 60.2 Å². The third-order valence-electron chi connectivity index (χ3n) is 4.95. The molecule has 6 heteroatoms. The number of Topliss-reactive ketones (excluding diaryl/α,β-unsaturated/α-hetero) is 1. The first kappa shape index (κ1) is 18.7. The molecule has 0 spiro atoms. The lowest BCUT2D eigenvalue weighted by Crippen LogP contribution is -2.43. The number of rotatable bonds is 3. The van der Waals surface area contributed by atoms with Crippen molar-refractivity contribution in [2.24, 2.45) is 17.1 Å². The number of nitrogens with two attached hydrogens (primary N) is 1. The lowest BCUT2D eigenvalue weighted by atomic mass is 9.59. The molecule has 0 bridgehead atoms. The lowest BCUT2D eigenvalue weighted by Gasteiger charge is -2.43. The van der Waals surface area contributed by atoms with Crippen LogP contribution >= 0.6 is 45.8 Å². The van der Waals surface area contributed by atoms with E-state index in [9.17, 15) is 9.59 Å². The molecule has 130 valence electrons. The Hall–Kier alpha value is -1.11. The second-order valence-electron chi connectivity index (χ2n) is 6.37. The summed E-state index contributed by atoms with van der Waals surface area (Å²) in [5.41, 5.74) is 6.75. The van der Waals surface area contributed by atoms with Crippen LogP contribution in [0.1, 0.15) is 24.3 Å². The number of halogens is 3. The van der Waals surface area contributed by atoms with Crippen LogP contribution in [-0.4, -0.2) is 12.1 Å². The van der Waals surface area contributed by atoms with Gasteiger partial charge >= 0.3 is 0 Å². The van der Waals surface area contributed by atoms with Gasteiger partial charge in [0.05, 0.1) is 8.99 Å². The van der Waals surface area contributed by atoms with Crippen LogP contribution in [-0.2, 0) is 9.59 Å². The van der Waals surface area contributed by atoms with E-state index in [2.05, 4.69) is 0 Å². The van der Waals surface area contributed by atoms with Gasteiger partial charge in [0.25, 0.3) is 0 Å². The minimum Gasteiger partial charge on any atom is -0.402 e. The second-order valence-corrected chi connectivity index (χ2v) is 8.40. The predicted octanol–water partition coefficient (Wildman–Crippen LogP) is 4.89. The molecule has 0 fully saturated rings. The number of ketones is 1. The fourth-order valence-electron chi connectivity index (χ4n) is 3.71. The minimum absolute atomic E-state index is 0.0231. The molecule has 0 saturated heterocycles. The van der Waals surface area contributed by atoms with Gasteiger partial charge in [0, 0.05) is 34.0 Å². The van der Waals surface area contributed by atoms with Gasteiger partial charge < -0.3 is 10.5 Å². The highest BCUT2D eigenvalue weighted by Gasteiger charge is 2.49. The molecule has 25 heavy (non-hydrogen) atoms. The first-order valence-electron chi connectivity index (χ1n) is 7.83. The summed E-state index contributed by atoms with van der Waals surface area (Å²) in [7, 11) is 0. The van der Waals surface area contributed by atoms with Crippen molar-refractivity contribution in [1.82, 2.24) is 0 Å². The fourth-order valence-corrected chi connectivity index (χ4v) is 4.88. The van der Waals surface area contributed by atoms with Crippen LogP contribution in [0.2, 0.25) is 5.02 Å². The summed E-state index contributed by atoms with van der Waals surface area (Å²) in [5, 5.41) is 1.14. The predicted molar refractivity (Wildman–Crippen MR) is 109 cm³/mol. The van der Waals surface area contributed by atoms with E-state index in [1.165, 1.54) is 0 Å². The molecule has 1 unspecified atom stereocenters. The fraction of sp³-hybridized carbons (Fsp3) is 0.263. The summed E-state index contributed by atoms with van der Waals surface area (Å²) < 4.78 is 0.566. The summed E-state index contributed by atoms with van der Waals surface area (Å²) in [6.07, 6.45) is 7.05. The van der Waals surface area contributed by atoms with E-state index < -0.39 is 5.41 Å². The molecule has 1 aromatic carbocycles. The van der Waals surface area contributed by atoms with Crippen LogP contribution < -0.4 is 5.73 Å². The Morgan fingerprint density at radius 2 is 2.04 bits per heavy atom. The summed E-state index contributed by atoms with van der Waals surface area (Å²) >= 11 is 14.2. The molecule has 0 radical (unpaired) electrons. The van der Waals surface area contributed by atoms with Crippen molar-refractivity contribution in [2.75, 3.05) is 0 Å². The van der Waals surface area contributed by atoms with Crippen LogP contribution in [0.4, 0.5) is 0 Å². The van der Waals surface area contributed by atoms with Gasteiger partial charge in [-0.3, -0.25) is 4.79 Å². The minimum atomic E-state index is -0.913. The monoisotopic (exact) mass is 487 g/mol. The highest BCUT2D eigenvalue weighted by molar-refractivity contribution is 14.1. The molecule has 0 amide bonds. The van der Waals surface area contributed by atoms with Gasteiger partial charge in [-0.25, -0.2) is 0 Å². The molecule has 3 rings (SSSR count). The molecule has 3 nitrogen and oxygen atoms in total. The Labute approximate surface area is 170 Å². The maximum Gasteiger partial charge on any atom is 0.169 e. The summed E-state index contributed by atoms with van der Waals surface area (Å²) in [6.45, 7) is 0. The summed E-state index contributed by atoms with van der Waals surface area (Å²) in [6, 6.07) is 7.32. The van der Waals surface area contributed by atoms with E-state index in [1.807, 2.05) is 46.9 Å². The van der Waals surface area contributed by atoms with Gasteiger partial charge in [-0.05, 0) is 52.8 Å². The first-order valence-corrected chi connectivity index (χ1v) is 9.67. The van der Waals surface area contributed by atoms with Crippen LogP contribution in [0, 0.1) is 11.3 Å².